The molecule has 3 aliphatic rings. The summed E-state index contributed by atoms with van der Waals surface area (Å²) in [4.78, 5) is 0. The number of benzene rings is 4. The third kappa shape index (κ3) is 4.10. The van der Waals surface area contributed by atoms with Crippen molar-refractivity contribution in [3.05, 3.63) is 72.8 Å². The van der Waals surface area contributed by atoms with Crippen molar-refractivity contribution in [2.45, 2.75) is 76.9 Å². The van der Waals surface area contributed by atoms with Crippen LogP contribution in [0.3, 0.4) is 0 Å². The predicted octanol–water partition coefficient (Wildman–Crippen LogP) is 9.92. The Labute approximate surface area is 221 Å². The van der Waals surface area contributed by atoms with Gasteiger partial charge in [-0.1, -0.05) is 93.3 Å². The van der Waals surface area contributed by atoms with Gasteiger partial charge in [-0.15, -0.1) is 0 Å². The molecule has 0 amide bonds. The second-order valence-electron chi connectivity index (χ2n) is 11.8. The smallest absolute Gasteiger partial charge is 0.251 e. The minimum absolute atomic E-state index is 0.583. The summed E-state index contributed by atoms with van der Waals surface area (Å²) in [6.45, 7) is 2.33. The molecule has 2 aliphatic carbocycles. The lowest BCUT2D eigenvalue weighted by molar-refractivity contribution is -0.145. The number of hydrogen-bond donors (Lipinski definition) is 0. The van der Waals surface area contributed by atoms with Crippen molar-refractivity contribution in [3.8, 4) is 22.6 Å². The standard InChI is InChI=1S/C35H38O2/c1-2-7-24-12-14-25(15-13-24)26-20-22-35(23-21-26)36-31-18-16-27-8-3-5-10-29(27)33(31)34-30-11-6-4-9-28(30)17-19-32(34)37-35/h3-6,8-11,16-19,24-26H,2,7,12-15,20-23H2,1H3. The molecule has 2 saturated carbocycles. The fourth-order valence-corrected chi connectivity index (χ4v) is 7.72. The summed E-state index contributed by atoms with van der Waals surface area (Å²) < 4.78 is 14.0. The third-order valence-electron chi connectivity index (χ3n) is 9.67. The van der Waals surface area contributed by atoms with E-state index in [1.807, 2.05) is 0 Å². The SMILES string of the molecule is CCCC1CCC(C2CCC3(CC2)Oc2ccc4ccccc4c2-c2c(ccc4ccccc24)O3)CC1. The molecule has 1 heterocycles. The summed E-state index contributed by atoms with van der Waals surface area (Å²) in [7, 11) is 0. The third-order valence-corrected chi connectivity index (χ3v) is 9.67. The summed E-state index contributed by atoms with van der Waals surface area (Å²) in [6, 6.07) is 26.1. The van der Waals surface area contributed by atoms with Crippen LogP contribution in [0, 0.1) is 17.8 Å². The minimum atomic E-state index is -0.583. The van der Waals surface area contributed by atoms with Gasteiger partial charge < -0.3 is 9.47 Å². The first-order valence-corrected chi connectivity index (χ1v) is 14.6. The zero-order chi connectivity index (χ0) is 24.8. The zero-order valence-corrected chi connectivity index (χ0v) is 22.0. The molecule has 2 nitrogen and oxygen atoms in total. The van der Waals surface area contributed by atoms with E-state index in [0.29, 0.717) is 0 Å². The molecule has 4 aromatic carbocycles. The molecule has 190 valence electrons. The molecule has 2 heteroatoms. The number of rotatable bonds is 3. The summed E-state index contributed by atoms with van der Waals surface area (Å²) in [5, 5.41) is 4.94. The number of hydrogen-bond acceptors (Lipinski definition) is 2. The van der Waals surface area contributed by atoms with E-state index in [4.69, 9.17) is 9.47 Å². The molecule has 0 aromatic heterocycles. The molecule has 37 heavy (non-hydrogen) atoms. The monoisotopic (exact) mass is 490 g/mol. The Kier molecular flexibility index (Phi) is 5.87. The predicted molar refractivity (Wildman–Crippen MR) is 153 cm³/mol. The second kappa shape index (κ2) is 9.39. The van der Waals surface area contributed by atoms with Gasteiger partial charge in [0.2, 0.25) is 0 Å². The van der Waals surface area contributed by atoms with E-state index in [1.54, 1.807) is 0 Å². The first kappa shape index (κ1) is 23.1. The van der Waals surface area contributed by atoms with Crippen LogP contribution in [-0.2, 0) is 0 Å². The van der Waals surface area contributed by atoms with E-state index in [9.17, 15) is 0 Å². The van der Waals surface area contributed by atoms with Gasteiger partial charge in [-0.25, -0.2) is 0 Å². The van der Waals surface area contributed by atoms with E-state index in [0.717, 1.165) is 42.1 Å². The van der Waals surface area contributed by atoms with Crippen LogP contribution in [0.25, 0.3) is 32.7 Å². The maximum atomic E-state index is 6.99. The Bertz CT molecular complexity index is 1330. The largest absolute Gasteiger partial charge is 0.452 e. The van der Waals surface area contributed by atoms with Crippen molar-refractivity contribution in [2.75, 3.05) is 0 Å². The van der Waals surface area contributed by atoms with Crippen molar-refractivity contribution < 1.29 is 9.47 Å². The van der Waals surface area contributed by atoms with Crippen LogP contribution in [0.5, 0.6) is 11.5 Å². The molecule has 0 N–H and O–H groups in total. The highest BCUT2D eigenvalue weighted by molar-refractivity contribution is 6.09. The first-order chi connectivity index (χ1) is 18.2. The lowest BCUT2D eigenvalue weighted by Crippen LogP contribution is -2.46. The Balaban J connectivity index is 1.25. The molecule has 1 spiro atoms. The van der Waals surface area contributed by atoms with Gasteiger partial charge in [-0.2, -0.15) is 0 Å². The molecular formula is C35H38O2. The quantitative estimate of drug-likeness (QED) is 0.284. The maximum Gasteiger partial charge on any atom is 0.251 e. The van der Waals surface area contributed by atoms with Gasteiger partial charge in [0.15, 0.2) is 0 Å². The molecule has 7 rings (SSSR count). The van der Waals surface area contributed by atoms with Gasteiger partial charge in [0.05, 0.1) is 0 Å². The van der Waals surface area contributed by atoms with E-state index in [-0.39, 0.29) is 0 Å². The van der Waals surface area contributed by atoms with Crippen LogP contribution >= 0.6 is 0 Å². The van der Waals surface area contributed by atoms with Gasteiger partial charge in [-0.05, 0) is 77.1 Å². The highest BCUT2D eigenvalue weighted by Gasteiger charge is 2.44. The molecule has 0 bridgehead atoms. The highest BCUT2D eigenvalue weighted by Crippen LogP contribution is 2.53. The summed E-state index contributed by atoms with van der Waals surface area (Å²) in [5.41, 5.74) is 2.36. The van der Waals surface area contributed by atoms with E-state index in [1.165, 1.54) is 84.0 Å². The highest BCUT2D eigenvalue weighted by atomic mass is 16.7. The molecule has 0 atom stereocenters. The Morgan fingerprint density at radius 1 is 0.622 bits per heavy atom. The maximum absolute atomic E-state index is 6.99. The van der Waals surface area contributed by atoms with E-state index in [2.05, 4.69) is 79.7 Å². The first-order valence-electron chi connectivity index (χ1n) is 14.6. The molecule has 1 aliphatic heterocycles. The molecule has 0 radical (unpaired) electrons. The van der Waals surface area contributed by atoms with Crippen LogP contribution in [0.4, 0.5) is 0 Å². The normalized spacial score (nSPS) is 23.2. The van der Waals surface area contributed by atoms with Gasteiger partial charge in [0.1, 0.15) is 11.5 Å². The van der Waals surface area contributed by atoms with Crippen molar-refractivity contribution >= 4 is 21.5 Å². The number of fused-ring (bicyclic) bond motifs is 7. The van der Waals surface area contributed by atoms with E-state index >= 15 is 0 Å². The molecule has 2 fully saturated rings. The van der Waals surface area contributed by atoms with Gasteiger partial charge in [0.25, 0.3) is 5.79 Å². The minimum Gasteiger partial charge on any atom is -0.452 e. The Morgan fingerprint density at radius 3 is 1.68 bits per heavy atom. The van der Waals surface area contributed by atoms with Crippen molar-refractivity contribution in [1.29, 1.82) is 0 Å². The molecule has 4 aromatic rings. The number of ether oxygens (including phenoxy) is 2. The zero-order valence-electron chi connectivity index (χ0n) is 22.0. The van der Waals surface area contributed by atoms with Crippen LogP contribution in [0.2, 0.25) is 0 Å². The lowest BCUT2D eigenvalue weighted by atomic mass is 9.69. The average molecular weight is 491 g/mol. The van der Waals surface area contributed by atoms with Crippen LogP contribution in [0.1, 0.15) is 71.1 Å². The molecular weight excluding hydrogens is 452 g/mol. The average Bonchev–Trinajstić information content (AvgIpc) is 3.08. The van der Waals surface area contributed by atoms with Gasteiger partial charge in [-0.3, -0.25) is 0 Å². The van der Waals surface area contributed by atoms with Crippen LogP contribution in [-0.4, -0.2) is 5.79 Å². The summed E-state index contributed by atoms with van der Waals surface area (Å²) >= 11 is 0. The van der Waals surface area contributed by atoms with Crippen molar-refractivity contribution in [2.24, 2.45) is 17.8 Å². The van der Waals surface area contributed by atoms with Gasteiger partial charge >= 0.3 is 0 Å². The van der Waals surface area contributed by atoms with Gasteiger partial charge in [0, 0.05) is 24.0 Å². The topological polar surface area (TPSA) is 18.5 Å². The molecule has 0 saturated heterocycles. The Morgan fingerprint density at radius 2 is 1.14 bits per heavy atom. The van der Waals surface area contributed by atoms with E-state index < -0.39 is 5.79 Å². The fourth-order valence-electron chi connectivity index (χ4n) is 7.72. The van der Waals surface area contributed by atoms with Crippen molar-refractivity contribution in [3.63, 3.8) is 0 Å². The van der Waals surface area contributed by atoms with Crippen LogP contribution < -0.4 is 9.47 Å². The summed E-state index contributed by atoms with van der Waals surface area (Å²) in [6.07, 6.45) is 12.8. The lowest BCUT2D eigenvalue weighted by Gasteiger charge is -2.43. The fraction of sp³-hybridized carbons (Fsp3) is 0.429. The molecule has 0 unspecified atom stereocenters. The second-order valence-corrected chi connectivity index (χ2v) is 11.8. The Hall–Kier alpha value is -3.00. The summed E-state index contributed by atoms with van der Waals surface area (Å²) in [5.74, 6) is 4.03. The van der Waals surface area contributed by atoms with Crippen molar-refractivity contribution in [1.82, 2.24) is 0 Å². The van der Waals surface area contributed by atoms with Crippen LogP contribution in [0.15, 0.2) is 72.8 Å².